The summed E-state index contributed by atoms with van der Waals surface area (Å²) < 4.78 is 48.8. The number of hydrogen-bond donors (Lipinski definition) is 12. The van der Waals surface area contributed by atoms with Gasteiger partial charge in [-0.2, -0.15) is 0 Å². The zero-order valence-electron chi connectivity index (χ0n) is 45.5. The molecule has 9 aliphatic rings. The summed E-state index contributed by atoms with van der Waals surface area (Å²) in [4.78, 5) is 26.4. The molecule has 438 valence electrons. The van der Waals surface area contributed by atoms with Gasteiger partial charge in [0.1, 0.15) is 73.1 Å². The van der Waals surface area contributed by atoms with Crippen molar-refractivity contribution >= 4 is 12.3 Å². The summed E-state index contributed by atoms with van der Waals surface area (Å²) in [5.74, 6) is -1.75. The molecule has 4 saturated carbocycles. The summed E-state index contributed by atoms with van der Waals surface area (Å²) in [5.41, 5.74) is -1.89. The molecule has 0 aromatic heterocycles. The molecule has 5 aliphatic carbocycles. The van der Waals surface area contributed by atoms with Crippen LogP contribution in [-0.4, -0.2) is 203 Å². The third-order valence-electron chi connectivity index (χ3n) is 21.3. The number of aliphatic hydroxyl groups excluding tert-OH is 11. The van der Waals surface area contributed by atoms with E-state index in [2.05, 4.69) is 40.7 Å². The Balaban J connectivity index is 0.994. The molecule has 9 rings (SSSR count). The quantitative estimate of drug-likeness (QED) is 0.0700. The zero-order chi connectivity index (χ0) is 56.3. The summed E-state index contributed by atoms with van der Waals surface area (Å²) in [6.45, 7) is 15.4. The molecule has 27 unspecified atom stereocenters. The van der Waals surface area contributed by atoms with E-state index in [0.29, 0.717) is 44.9 Å². The van der Waals surface area contributed by atoms with Crippen LogP contribution in [0.2, 0.25) is 0 Å². The lowest BCUT2D eigenvalue weighted by Crippen LogP contribution is -2.68. The Bertz CT molecular complexity index is 2230. The van der Waals surface area contributed by atoms with E-state index in [1.807, 2.05) is 6.92 Å². The van der Waals surface area contributed by atoms with Crippen molar-refractivity contribution in [2.75, 3.05) is 13.2 Å². The van der Waals surface area contributed by atoms with Crippen molar-refractivity contribution in [2.24, 2.45) is 50.2 Å². The zero-order valence-corrected chi connectivity index (χ0v) is 45.5. The Kier molecular flexibility index (Phi) is 16.4. The van der Waals surface area contributed by atoms with Crippen molar-refractivity contribution in [3.8, 4) is 0 Å². The van der Waals surface area contributed by atoms with Crippen LogP contribution in [0.1, 0.15) is 126 Å². The van der Waals surface area contributed by atoms with Crippen LogP contribution in [0.4, 0.5) is 0 Å². The molecule has 0 radical (unpaired) electrons. The van der Waals surface area contributed by atoms with Crippen LogP contribution in [0.5, 0.6) is 0 Å². The highest BCUT2D eigenvalue weighted by Gasteiger charge is 2.71. The lowest BCUT2D eigenvalue weighted by atomic mass is 9.33. The standard InChI is InChI=1S/C55H86O22/c1-24-35(60)29(19-34(59)70-24)72-33-21-50(3,4)20-27-26-9-10-31-51(5)14-12-32(52(6,22-57)30(51)11-15-54(31,8)53(26,7)16-17-55(27,33)23-58)74-49-45(41(66)40(65)43(75-49)46(68)69)77-48-44(39(64)37(62)28(73-48)13-18-56)76-47-42(67)38(63)36(61)25(2)71-47/h9,23,25,27-34,36-45,47-49,56-57,59-67H,10-22H2,1-8H3,(H,68,69). The minimum Gasteiger partial charge on any atom is -0.506 e. The number of allylic oxidation sites excluding steroid dienone is 3. The van der Waals surface area contributed by atoms with Crippen LogP contribution in [0.15, 0.2) is 23.2 Å². The number of fused-ring (bicyclic) bond motifs is 7. The summed E-state index contributed by atoms with van der Waals surface area (Å²) in [7, 11) is 0. The van der Waals surface area contributed by atoms with Gasteiger partial charge in [-0.1, -0.05) is 53.2 Å². The van der Waals surface area contributed by atoms with E-state index in [1.165, 1.54) is 12.5 Å². The van der Waals surface area contributed by atoms with Crippen molar-refractivity contribution in [1.82, 2.24) is 0 Å². The number of hydrogen-bond acceptors (Lipinski definition) is 21. The van der Waals surface area contributed by atoms with E-state index in [9.17, 15) is 70.9 Å². The van der Waals surface area contributed by atoms with Crippen LogP contribution in [0.25, 0.3) is 0 Å². The van der Waals surface area contributed by atoms with Crippen molar-refractivity contribution in [1.29, 1.82) is 0 Å². The number of carbonyl (C=O) groups is 2. The molecule has 7 fully saturated rings. The molecular formula is C55H86O22. The van der Waals surface area contributed by atoms with Crippen LogP contribution in [0.3, 0.4) is 0 Å². The van der Waals surface area contributed by atoms with Crippen LogP contribution < -0.4 is 0 Å². The van der Waals surface area contributed by atoms with Crippen LogP contribution in [-0.2, 0) is 47.5 Å². The molecule has 0 aromatic rings. The van der Waals surface area contributed by atoms with Crippen molar-refractivity contribution in [3.63, 3.8) is 0 Å². The van der Waals surface area contributed by atoms with Gasteiger partial charge in [-0.05, 0) is 117 Å². The van der Waals surface area contributed by atoms with Gasteiger partial charge in [0, 0.05) is 18.4 Å². The highest BCUT2D eigenvalue weighted by Crippen LogP contribution is 2.76. The number of rotatable bonds is 13. The van der Waals surface area contributed by atoms with Gasteiger partial charge >= 0.3 is 5.97 Å². The van der Waals surface area contributed by atoms with E-state index < -0.39 is 146 Å². The second-order valence-electron chi connectivity index (χ2n) is 26.0. The Labute approximate surface area is 449 Å². The number of aldehydes is 1. The van der Waals surface area contributed by atoms with Gasteiger partial charge in [0.05, 0.1) is 36.4 Å². The van der Waals surface area contributed by atoms with E-state index >= 15 is 0 Å². The average Bonchev–Trinajstić information content (AvgIpc) is 3.53. The smallest absolute Gasteiger partial charge is 0.335 e. The van der Waals surface area contributed by atoms with Crippen molar-refractivity contribution in [3.05, 3.63) is 23.2 Å². The Morgan fingerprint density at radius 2 is 1.39 bits per heavy atom. The fourth-order valence-corrected chi connectivity index (χ4v) is 16.6. The second kappa shape index (κ2) is 21.4. The maximum atomic E-state index is 13.8. The average molecular weight is 1100 g/mol. The maximum Gasteiger partial charge on any atom is 0.335 e. The van der Waals surface area contributed by atoms with Crippen LogP contribution in [0, 0.1) is 50.2 Å². The van der Waals surface area contributed by atoms with Crippen LogP contribution >= 0.6 is 0 Å². The molecule has 77 heavy (non-hydrogen) atoms. The molecule has 27 atom stereocenters. The predicted octanol–water partition coefficient (Wildman–Crippen LogP) is 1.19. The summed E-state index contributed by atoms with van der Waals surface area (Å²) in [6.07, 6.45) is -20.8. The molecule has 0 spiro atoms. The summed E-state index contributed by atoms with van der Waals surface area (Å²) >= 11 is 0. The first kappa shape index (κ1) is 59.2. The van der Waals surface area contributed by atoms with E-state index in [1.54, 1.807) is 6.92 Å². The lowest BCUT2D eigenvalue weighted by Gasteiger charge is -2.71. The first-order chi connectivity index (χ1) is 36.1. The fourth-order valence-electron chi connectivity index (χ4n) is 16.6. The number of carbonyl (C=O) groups excluding carboxylic acids is 1. The molecular weight excluding hydrogens is 1010 g/mol. The Hall–Kier alpha value is -2.46. The van der Waals surface area contributed by atoms with Gasteiger partial charge in [0.2, 0.25) is 0 Å². The molecule has 0 aromatic carbocycles. The lowest BCUT2D eigenvalue weighted by molar-refractivity contribution is -0.395. The number of aliphatic hydroxyl groups is 11. The van der Waals surface area contributed by atoms with Crippen molar-refractivity contribution in [2.45, 2.75) is 243 Å². The number of carboxylic acids is 1. The number of carboxylic acid groups (broad SMARTS) is 1. The Morgan fingerprint density at radius 1 is 0.727 bits per heavy atom. The van der Waals surface area contributed by atoms with Gasteiger partial charge in [-0.25, -0.2) is 4.79 Å². The molecule has 4 aliphatic heterocycles. The molecule has 22 nitrogen and oxygen atoms in total. The molecule has 12 N–H and O–H groups in total. The number of aliphatic carboxylic acids is 1. The normalized spacial score (nSPS) is 52.7. The summed E-state index contributed by atoms with van der Waals surface area (Å²) in [5, 5.41) is 131. The van der Waals surface area contributed by atoms with E-state index in [4.69, 9.17) is 37.9 Å². The Morgan fingerprint density at radius 3 is 2.04 bits per heavy atom. The molecule has 22 heteroatoms. The monoisotopic (exact) mass is 1100 g/mol. The third kappa shape index (κ3) is 9.65. The minimum absolute atomic E-state index is 0.0336. The van der Waals surface area contributed by atoms with E-state index in [0.717, 1.165) is 19.1 Å². The first-order valence-electron chi connectivity index (χ1n) is 27.8. The number of ether oxygens (including phenoxy) is 8. The molecule has 0 amide bonds. The SMILES string of the molecule is CC1=C(O)C(OC2CC(C)(C)CC3C4=CCC5C6(C)CCC(OC7OC(C(=O)O)C(O)C(O)C7OC7OC(CCO)C(O)C(O)C7OC7OC(C)C(O)C(O)C7O)C(C)(CO)C6CCC5(C)C4(C)CCC23C=O)CC(O)O1. The molecule has 4 heterocycles. The van der Waals surface area contributed by atoms with Gasteiger partial charge < -0.3 is 104 Å². The van der Waals surface area contributed by atoms with Gasteiger partial charge in [-0.15, -0.1) is 0 Å². The maximum absolute atomic E-state index is 13.8. The molecule has 3 saturated heterocycles. The third-order valence-corrected chi connectivity index (χ3v) is 21.3. The molecule has 0 bridgehead atoms. The summed E-state index contributed by atoms with van der Waals surface area (Å²) in [6, 6.07) is 0. The van der Waals surface area contributed by atoms with E-state index in [-0.39, 0.29) is 65.0 Å². The minimum atomic E-state index is -2.10. The van der Waals surface area contributed by atoms with Crippen molar-refractivity contribution < 1.29 is 109 Å². The topological polar surface area (TPSA) is 351 Å². The predicted molar refractivity (Wildman–Crippen MR) is 265 cm³/mol. The van der Waals surface area contributed by atoms with Gasteiger partial charge in [0.15, 0.2) is 37.0 Å². The highest BCUT2D eigenvalue weighted by molar-refractivity contribution is 5.73. The first-order valence-corrected chi connectivity index (χ1v) is 27.8. The fraction of sp³-hybridized carbons (Fsp3) is 0.891. The largest absolute Gasteiger partial charge is 0.506 e. The highest BCUT2D eigenvalue weighted by atomic mass is 16.8. The second-order valence-corrected chi connectivity index (χ2v) is 26.0. The van der Waals surface area contributed by atoms with Gasteiger partial charge in [-0.3, -0.25) is 0 Å². The van der Waals surface area contributed by atoms with Gasteiger partial charge in [0.25, 0.3) is 0 Å².